The molecule has 0 atom stereocenters. The molecule has 0 unspecified atom stereocenters. The lowest BCUT2D eigenvalue weighted by Crippen LogP contribution is -1.95. The number of hydrogen-bond acceptors (Lipinski definition) is 5. The molecule has 1 N–H and O–H groups in total. The highest BCUT2D eigenvalue weighted by Crippen LogP contribution is 2.27. The summed E-state index contributed by atoms with van der Waals surface area (Å²) in [6, 6.07) is 0. The van der Waals surface area contributed by atoms with Gasteiger partial charge in [-0.1, -0.05) is 5.16 Å². The SMILES string of the molecule is O=C(O)c1cnoc1-c1csc(Br)n1. The van der Waals surface area contributed by atoms with E-state index in [-0.39, 0.29) is 11.3 Å². The summed E-state index contributed by atoms with van der Waals surface area (Å²) in [7, 11) is 0. The van der Waals surface area contributed by atoms with E-state index in [9.17, 15) is 4.79 Å². The second-order valence-corrected chi connectivity index (χ2v) is 4.49. The summed E-state index contributed by atoms with van der Waals surface area (Å²) >= 11 is 4.53. The zero-order chi connectivity index (χ0) is 10.1. The van der Waals surface area contributed by atoms with E-state index < -0.39 is 5.97 Å². The Morgan fingerprint density at radius 2 is 2.43 bits per heavy atom. The van der Waals surface area contributed by atoms with Crippen molar-refractivity contribution in [3.8, 4) is 11.5 Å². The van der Waals surface area contributed by atoms with Crippen LogP contribution in [0.25, 0.3) is 11.5 Å². The molecule has 0 fully saturated rings. The maximum absolute atomic E-state index is 10.7. The van der Waals surface area contributed by atoms with Gasteiger partial charge < -0.3 is 9.63 Å². The number of thiazole rings is 1. The summed E-state index contributed by atoms with van der Waals surface area (Å²) in [6.07, 6.45) is 1.16. The predicted octanol–water partition coefficient (Wildman–Crippen LogP) is 2.26. The van der Waals surface area contributed by atoms with Crippen LogP contribution in [0, 0.1) is 0 Å². The normalized spacial score (nSPS) is 10.4. The van der Waals surface area contributed by atoms with E-state index in [1.54, 1.807) is 5.38 Å². The average molecular weight is 275 g/mol. The number of rotatable bonds is 2. The van der Waals surface area contributed by atoms with Crippen LogP contribution in [-0.2, 0) is 0 Å². The average Bonchev–Trinajstić information content (AvgIpc) is 2.70. The fourth-order valence-corrected chi connectivity index (χ4v) is 1.92. The van der Waals surface area contributed by atoms with Gasteiger partial charge in [0.05, 0.1) is 6.20 Å². The van der Waals surface area contributed by atoms with E-state index in [1.807, 2.05) is 0 Å². The highest BCUT2D eigenvalue weighted by molar-refractivity contribution is 9.11. The van der Waals surface area contributed by atoms with Gasteiger partial charge in [-0.25, -0.2) is 9.78 Å². The van der Waals surface area contributed by atoms with E-state index >= 15 is 0 Å². The molecule has 72 valence electrons. The zero-order valence-corrected chi connectivity index (χ0v) is 9.00. The topological polar surface area (TPSA) is 76.2 Å². The third-order valence-corrected chi connectivity index (χ3v) is 2.87. The zero-order valence-electron chi connectivity index (χ0n) is 6.60. The molecule has 2 rings (SSSR count). The summed E-state index contributed by atoms with van der Waals surface area (Å²) < 4.78 is 5.48. The fourth-order valence-electron chi connectivity index (χ4n) is 0.933. The summed E-state index contributed by atoms with van der Waals surface area (Å²) in [6.45, 7) is 0. The van der Waals surface area contributed by atoms with Crippen LogP contribution in [0.4, 0.5) is 0 Å². The molecule has 0 aliphatic carbocycles. The smallest absolute Gasteiger partial charge is 0.341 e. The summed E-state index contributed by atoms with van der Waals surface area (Å²) in [5.74, 6) is -0.898. The fraction of sp³-hybridized carbons (Fsp3) is 0. The maximum atomic E-state index is 10.7. The van der Waals surface area contributed by atoms with Crippen molar-refractivity contribution in [3.05, 3.63) is 21.1 Å². The first kappa shape index (κ1) is 9.35. The molecule has 0 saturated heterocycles. The van der Waals surface area contributed by atoms with Gasteiger partial charge in [0.25, 0.3) is 0 Å². The predicted molar refractivity (Wildman–Crippen MR) is 52.3 cm³/mol. The maximum Gasteiger partial charge on any atom is 0.341 e. The van der Waals surface area contributed by atoms with Gasteiger partial charge in [-0.05, 0) is 15.9 Å². The van der Waals surface area contributed by atoms with Gasteiger partial charge in [-0.15, -0.1) is 11.3 Å². The Morgan fingerprint density at radius 1 is 1.64 bits per heavy atom. The number of halogens is 1. The van der Waals surface area contributed by atoms with E-state index in [2.05, 4.69) is 26.1 Å². The molecular weight excluding hydrogens is 272 g/mol. The first-order chi connectivity index (χ1) is 6.68. The van der Waals surface area contributed by atoms with E-state index in [1.165, 1.54) is 11.3 Å². The Labute approximate surface area is 90.5 Å². The van der Waals surface area contributed by atoms with E-state index in [0.29, 0.717) is 9.61 Å². The minimum Gasteiger partial charge on any atom is -0.477 e. The monoisotopic (exact) mass is 274 g/mol. The van der Waals surface area contributed by atoms with Crippen molar-refractivity contribution < 1.29 is 14.4 Å². The second kappa shape index (κ2) is 3.50. The molecule has 5 nitrogen and oxygen atoms in total. The molecule has 0 spiro atoms. The molecule has 0 saturated carbocycles. The van der Waals surface area contributed by atoms with Crippen LogP contribution in [-0.4, -0.2) is 21.2 Å². The van der Waals surface area contributed by atoms with Crippen molar-refractivity contribution in [2.24, 2.45) is 0 Å². The quantitative estimate of drug-likeness (QED) is 0.909. The molecule has 14 heavy (non-hydrogen) atoms. The Morgan fingerprint density at radius 3 is 3.00 bits per heavy atom. The molecule has 0 aliphatic heterocycles. The summed E-state index contributed by atoms with van der Waals surface area (Å²) in [4.78, 5) is 14.8. The number of carboxylic acid groups (broad SMARTS) is 1. The lowest BCUT2D eigenvalue weighted by molar-refractivity contribution is 0.0697. The van der Waals surface area contributed by atoms with Crippen LogP contribution >= 0.6 is 27.3 Å². The van der Waals surface area contributed by atoms with Crippen molar-refractivity contribution in [3.63, 3.8) is 0 Å². The molecule has 2 heterocycles. The van der Waals surface area contributed by atoms with Crippen molar-refractivity contribution in [1.29, 1.82) is 0 Å². The summed E-state index contributed by atoms with van der Waals surface area (Å²) in [5, 5.41) is 13.9. The van der Waals surface area contributed by atoms with Gasteiger partial charge in [0, 0.05) is 5.38 Å². The third-order valence-electron chi connectivity index (χ3n) is 1.51. The van der Waals surface area contributed by atoms with Crippen LogP contribution in [0.2, 0.25) is 0 Å². The Hall–Kier alpha value is -1.21. The van der Waals surface area contributed by atoms with Crippen LogP contribution < -0.4 is 0 Å². The van der Waals surface area contributed by atoms with Crippen LogP contribution in [0.5, 0.6) is 0 Å². The van der Waals surface area contributed by atoms with Gasteiger partial charge in [0.2, 0.25) is 5.76 Å². The second-order valence-electron chi connectivity index (χ2n) is 2.36. The Bertz CT molecular complexity index is 479. The van der Waals surface area contributed by atoms with Crippen molar-refractivity contribution >= 4 is 33.2 Å². The standard InChI is InChI=1S/C7H3BrN2O3S/c8-7-10-4(2-14-7)5-3(6(11)12)1-9-13-5/h1-2H,(H,11,12). The van der Waals surface area contributed by atoms with Gasteiger partial charge in [0.15, 0.2) is 3.92 Å². The number of aromatic nitrogens is 2. The first-order valence-electron chi connectivity index (χ1n) is 3.48. The number of hydrogen-bond donors (Lipinski definition) is 1. The van der Waals surface area contributed by atoms with E-state index in [4.69, 9.17) is 9.63 Å². The van der Waals surface area contributed by atoms with Gasteiger partial charge in [-0.3, -0.25) is 0 Å². The Kier molecular flexibility index (Phi) is 2.34. The molecular formula is C7H3BrN2O3S. The molecule has 0 aliphatic rings. The lowest BCUT2D eigenvalue weighted by Gasteiger charge is -1.90. The van der Waals surface area contributed by atoms with Gasteiger partial charge >= 0.3 is 5.97 Å². The minimum absolute atomic E-state index is 0.0165. The van der Waals surface area contributed by atoms with Gasteiger partial charge in [0.1, 0.15) is 11.3 Å². The van der Waals surface area contributed by atoms with Crippen LogP contribution in [0.3, 0.4) is 0 Å². The number of aromatic carboxylic acids is 1. The molecule has 0 aromatic carbocycles. The van der Waals surface area contributed by atoms with Gasteiger partial charge in [-0.2, -0.15) is 0 Å². The van der Waals surface area contributed by atoms with Crippen LogP contribution in [0.15, 0.2) is 20.0 Å². The highest BCUT2D eigenvalue weighted by Gasteiger charge is 2.18. The Balaban J connectivity index is 2.51. The molecule has 0 radical (unpaired) electrons. The molecule has 0 bridgehead atoms. The largest absolute Gasteiger partial charge is 0.477 e. The minimum atomic E-state index is -1.08. The van der Waals surface area contributed by atoms with E-state index in [0.717, 1.165) is 6.20 Å². The number of nitrogens with zero attached hydrogens (tertiary/aromatic N) is 2. The lowest BCUT2D eigenvalue weighted by atomic mass is 10.2. The number of carbonyl (C=O) groups is 1. The van der Waals surface area contributed by atoms with Crippen LogP contribution in [0.1, 0.15) is 10.4 Å². The molecule has 2 aromatic heterocycles. The first-order valence-corrected chi connectivity index (χ1v) is 5.15. The molecule has 7 heteroatoms. The molecule has 2 aromatic rings. The highest BCUT2D eigenvalue weighted by atomic mass is 79.9. The summed E-state index contributed by atoms with van der Waals surface area (Å²) in [5.41, 5.74) is 0.486. The number of carboxylic acids is 1. The van der Waals surface area contributed by atoms with Crippen molar-refractivity contribution in [2.75, 3.05) is 0 Å². The third kappa shape index (κ3) is 1.55. The molecule has 0 amide bonds. The van der Waals surface area contributed by atoms with Crippen molar-refractivity contribution in [2.45, 2.75) is 0 Å². The van der Waals surface area contributed by atoms with Crippen molar-refractivity contribution in [1.82, 2.24) is 10.1 Å².